The van der Waals surface area contributed by atoms with Crippen molar-refractivity contribution in [1.82, 2.24) is 4.90 Å². The molecule has 0 aliphatic carbocycles. The van der Waals surface area contributed by atoms with Crippen molar-refractivity contribution in [3.63, 3.8) is 0 Å². The highest BCUT2D eigenvalue weighted by atomic mass is 19.1. The molecule has 6 heteroatoms. The SMILES string of the molecule is CC[C@](O)(c1ccc2c(c1)CCC(=O)N2)N1CCC(O)(c2ccc(F)cc2)CC1. The Balaban J connectivity index is 1.54. The minimum atomic E-state index is -1.14. The Morgan fingerprint density at radius 2 is 1.83 bits per heavy atom. The van der Waals surface area contributed by atoms with Crippen LogP contribution in [0.1, 0.15) is 49.3 Å². The van der Waals surface area contributed by atoms with Crippen LogP contribution in [0.4, 0.5) is 10.1 Å². The summed E-state index contributed by atoms with van der Waals surface area (Å²) in [6.07, 6.45) is 2.55. The Morgan fingerprint density at radius 1 is 1.14 bits per heavy atom. The van der Waals surface area contributed by atoms with Crippen molar-refractivity contribution in [3.8, 4) is 0 Å². The molecule has 2 aromatic rings. The number of likely N-dealkylation sites (tertiary alicyclic amines) is 1. The number of rotatable bonds is 4. The van der Waals surface area contributed by atoms with E-state index in [9.17, 15) is 19.4 Å². The number of anilines is 1. The number of aryl methyl sites for hydroxylation is 1. The van der Waals surface area contributed by atoms with Gasteiger partial charge in [0.25, 0.3) is 0 Å². The van der Waals surface area contributed by atoms with Gasteiger partial charge in [-0.1, -0.05) is 25.1 Å². The van der Waals surface area contributed by atoms with Gasteiger partial charge >= 0.3 is 0 Å². The molecule has 1 saturated heterocycles. The molecule has 0 bridgehead atoms. The predicted molar refractivity (Wildman–Crippen MR) is 109 cm³/mol. The van der Waals surface area contributed by atoms with E-state index in [1.54, 1.807) is 12.1 Å². The van der Waals surface area contributed by atoms with Gasteiger partial charge in [0.15, 0.2) is 0 Å². The van der Waals surface area contributed by atoms with Gasteiger partial charge in [-0.25, -0.2) is 4.39 Å². The number of hydrogen-bond donors (Lipinski definition) is 3. The summed E-state index contributed by atoms with van der Waals surface area (Å²) in [6.45, 7) is 2.99. The molecule has 2 aromatic carbocycles. The Labute approximate surface area is 170 Å². The molecule has 2 heterocycles. The highest BCUT2D eigenvalue weighted by Crippen LogP contribution is 2.39. The lowest BCUT2D eigenvalue weighted by Crippen LogP contribution is -2.52. The summed E-state index contributed by atoms with van der Waals surface area (Å²) in [5.74, 6) is -0.300. The number of aliphatic hydroxyl groups is 2. The van der Waals surface area contributed by atoms with Crippen LogP contribution in [0.5, 0.6) is 0 Å². The summed E-state index contributed by atoms with van der Waals surface area (Å²) in [5.41, 5.74) is 1.21. The third kappa shape index (κ3) is 3.68. The van der Waals surface area contributed by atoms with E-state index in [-0.39, 0.29) is 11.7 Å². The minimum absolute atomic E-state index is 0.0205. The highest BCUT2D eigenvalue weighted by Gasteiger charge is 2.42. The van der Waals surface area contributed by atoms with Gasteiger partial charge in [0.1, 0.15) is 11.5 Å². The fourth-order valence-corrected chi connectivity index (χ4v) is 4.54. The van der Waals surface area contributed by atoms with Crippen molar-refractivity contribution in [2.45, 2.75) is 50.4 Å². The molecule has 0 unspecified atom stereocenters. The standard InChI is InChI=1S/C23H27FN2O3/c1-2-23(29,18-6-9-20-16(15-18)3-10-21(27)25-20)26-13-11-22(28,12-14-26)17-4-7-19(24)8-5-17/h4-9,15,28-29H,2-3,10-14H2,1H3,(H,25,27)/t23-/m0/s1. The van der Waals surface area contributed by atoms with Crippen LogP contribution >= 0.6 is 0 Å². The number of piperidine rings is 1. The van der Waals surface area contributed by atoms with Crippen molar-refractivity contribution in [2.24, 2.45) is 0 Å². The highest BCUT2D eigenvalue weighted by molar-refractivity contribution is 5.93. The van der Waals surface area contributed by atoms with Gasteiger partial charge in [0, 0.05) is 25.2 Å². The molecule has 0 spiro atoms. The number of benzene rings is 2. The third-order valence-corrected chi connectivity index (χ3v) is 6.45. The van der Waals surface area contributed by atoms with E-state index in [1.807, 2.05) is 30.0 Å². The Morgan fingerprint density at radius 3 is 2.48 bits per heavy atom. The fraction of sp³-hybridized carbons (Fsp3) is 0.435. The summed E-state index contributed by atoms with van der Waals surface area (Å²) in [5, 5.41) is 25.5. The topological polar surface area (TPSA) is 72.8 Å². The molecule has 0 saturated carbocycles. The predicted octanol–water partition coefficient (Wildman–Crippen LogP) is 3.25. The van der Waals surface area contributed by atoms with E-state index in [0.29, 0.717) is 50.8 Å². The second-order valence-corrected chi connectivity index (χ2v) is 8.12. The molecular formula is C23H27FN2O3. The quantitative estimate of drug-likeness (QED) is 0.739. The van der Waals surface area contributed by atoms with Gasteiger partial charge in [0.2, 0.25) is 5.91 Å². The number of nitrogens with one attached hydrogen (secondary N) is 1. The molecular weight excluding hydrogens is 371 g/mol. The summed E-state index contributed by atoms with van der Waals surface area (Å²) in [6, 6.07) is 11.7. The van der Waals surface area contributed by atoms with Gasteiger partial charge in [0.05, 0.1) is 5.60 Å². The molecule has 5 nitrogen and oxygen atoms in total. The van der Waals surface area contributed by atoms with Gasteiger partial charge in [-0.3, -0.25) is 9.69 Å². The van der Waals surface area contributed by atoms with Crippen molar-refractivity contribution < 1.29 is 19.4 Å². The molecule has 2 aliphatic heterocycles. The summed E-state index contributed by atoms with van der Waals surface area (Å²) in [4.78, 5) is 13.6. The minimum Gasteiger partial charge on any atom is -0.385 e. The zero-order valence-corrected chi connectivity index (χ0v) is 16.6. The lowest BCUT2D eigenvalue weighted by molar-refractivity contribution is -0.153. The van der Waals surface area contributed by atoms with Crippen LogP contribution in [0.3, 0.4) is 0 Å². The zero-order chi connectivity index (χ0) is 20.6. The second kappa shape index (κ2) is 7.52. The first-order valence-corrected chi connectivity index (χ1v) is 10.2. The van der Waals surface area contributed by atoms with Crippen LogP contribution in [0.15, 0.2) is 42.5 Å². The Bertz CT molecular complexity index is 907. The van der Waals surface area contributed by atoms with E-state index in [4.69, 9.17) is 0 Å². The van der Waals surface area contributed by atoms with Crippen molar-refractivity contribution >= 4 is 11.6 Å². The Hall–Kier alpha value is -2.28. The van der Waals surface area contributed by atoms with Crippen LogP contribution in [0, 0.1) is 5.82 Å². The van der Waals surface area contributed by atoms with E-state index in [0.717, 1.165) is 16.8 Å². The number of amides is 1. The first-order chi connectivity index (χ1) is 13.8. The molecule has 0 radical (unpaired) electrons. The van der Waals surface area contributed by atoms with E-state index in [2.05, 4.69) is 5.32 Å². The van der Waals surface area contributed by atoms with Gasteiger partial charge in [-0.05, 0) is 66.6 Å². The van der Waals surface area contributed by atoms with Crippen LogP contribution in [0.25, 0.3) is 0 Å². The first kappa shape index (κ1) is 20.0. The number of hydrogen-bond acceptors (Lipinski definition) is 4. The normalized spacial score (nSPS) is 21.2. The lowest BCUT2D eigenvalue weighted by Gasteiger charge is -2.46. The van der Waals surface area contributed by atoms with Gasteiger partial charge in [-0.2, -0.15) is 0 Å². The van der Waals surface area contributed by atoms with Crippen molar-refractivity contribution in [2.75, 3.05) is 18.4 Å². The molecule has 1 amide bonds. The Kier molecular flexibility index (Phi) is 5.19. The summed E-state index contributed by atoms with van der Waals surface area (Å²) < 4.78 is 13.2. The monoisotopic (exact) mass is 398 g/mol. The zero-order valence-electron chi connectivity index (χ0n) is 16.6. The van der Waals surface area contributed by atoms with Crippen molar-refractivity contribution in [3.05, 3.63) is 65.0 Å². The van der Waals surface area contributed by atoms with Crippen LogP contribution < -0.4 is 5.32 Å². The molecule has 4 rings (SSSR count). The number of carbonyl (C=O) groups excluding carboxylic acids is 1. The smallest absolute Gasteiger partial charge is 0.224 e. The summed E-state index contributed by atoms with van der Waals surface area (Å²) in [7, 11) is 0. The lowest BCUT2D eigenvalue weighted by atomic mass is 9.82. The number of nitrogens with zero attached hydrogens (tertiary/aromatic N) is 1. The average molecular weight is 398 g/mol. The van der Waals surface area contributed by atoms with Crippen molar-refractivity contribution in [1.29, 1.82) is 0 Å². The number of fused-ring (bicyclic) bond motifs is 1. The largest absolute Gasteiger partial charge is 0.385 e. The maximum atomic E-state index is 13.2. The fourth-order valence-electron chi connectivity index (χ4n) is 4.54. The molecule has 1 atom stereocenters. The van der Waals surface area contributed by atoms with E-state index < -0.39 is 11.3 Å². The van der Waals surface area contributed by atoms with Crippen LogP contribution in [-0.4, -0.2) is 34.1 Å². The molecule has 154 valence electrons. The molecule has 3 N–H and O–H groups in total. The average Bonchev–Trinajstić information content (AvgIpc) is 2.73. The first-order valence-electron chi connectivity index (χ1n) is 10.2. The summed E-state index contributed by atoms with van der Waals surface area (Å²) >= 11 is 0. The van der Waals surface area contributed by atoms with Crippen LogP contribution in [-0.2, 0) is 22.5 Å². The molecule has 1 fully saturated rings. The third-order valence-electron chi connectivity index (χ3n) is 6.45. The van der Waals surface area contributed by atoms with Crippen LogP contribution in [0.2, 0.25) is 0 Å². The van der Waals surface area contributed by atoms with Gasteiger partial charge < -0.3 is 15.5 Å². The molecule has 2 aliphatic rings. The number of carbonyl (C=O) groups is 1. The maximum Gasteiger partial charge on any atom is 0.224 e. The van der Waals surface area contributed by atoms with Gasteiger partial charge in [-0.15, -0.1) is 0 Å². The number of halogens is 1. The van der Waals surface area contributed by atoms with E-state index >= 15 is 0 Å². The molecule has 0 aromatic heterocycles. The van der Waals surface area contributed by atoms with E-state index in [1.165, 1.54) is 12.1 Å². The maximum absolute atomic E-state index is 13.2. The second-order valence-electron chi connectivity index (χ2n) is 8.12. The molecule has 29 heavy (non-hydrogen) atoms.